The number of para-hydroxylation sites is 1. The highest BCUT2D eigenvalue weighted by Gasteiger charge is 2.19. The molecule has 1 aromatic heterocycles. The zero-order chi connectivity index (χ0) is 19.5. The largest absolute Gasteiger partial charge is 0.442 e. The molecule has 1 heterocycles. The van der Waals surface area contributed by atoms with Crippen LogP contribution in [0.25, 0.3) is 28.3 Å². The molecule has 0 radical (unpaired) electrons. The Hall–Kier alpha value is -3.93. The van der Waals surface area contributed by atoms with Crippen LogP contribution in [-0.4, -0.2) is 22.7 Å². The maximum absolute atomic E-state index is 12.4. The highest BCUT2D eigenvalue weighted by atomic mass is 16.4. The van der Waals surface area contributed by atoms with Crippen LogP contribution in [0.5, 0.6) is 0 Å². The number of nitrogens with one attached hydrogen (secondary N) is 1. The van der Waals surface area contributed by atoms with E-state index in [1.165, 1.54) is 4.68 Å². The van der Waals surface area contributed by atoms with Crippen molar-refractivity contribution in [3.8, 4) is 28.3 Å². The van der Waals surface area contributed by atoms with Gasteiger partial charge in [0, 0.05) is 18.2 Å². The predicted octanol–water partition coefficient (Wildman–Crippen LogP) is 3.52. The Morgan fingerprint density at radius 3 is 2.18 bits per heavy atom. The van der Waals surface area contributed by atoms with Crippen LogP contribution in [0.4, 0.5) is 0 Å². The molecule has 0 spiro atoms. The number of aromatic nitrogens is 2. The molecule has 0 aliphatic heterocycles. The second kappa shape index (κ2) is 7.36. The molecule has 4 rings (SSSR count). The van der Waals surface area contributed by atoms with Gasteiger partial charge in [0.15, 0.2) is 0 Å². The van der Waals surface area contributed by atoms with Crippen LogP contribution in [0.15, 0.2) is 88.1 Å². The molecule has 1 amide bonds. The van der Waals surface area contributed by atoms with Crippen molar-refractivity contribution in [3.05, 3.63) is 95.0 Å². The lowest BCUT2D eigenvalue weighted by Gasteiger charge is -2.11. The van der Waals surface area contributed by atoms with E-state index in [9.17, 15) is 9.59 Å². The van der Waals surface area contributed by atoms with Gasteiger partial charge >= 0.3 is 5.76 Å². The first-order valence-corrected chi connectivity index (χ1v) is 8.75. The minimum atomic E-state index is -0.574. The third kappa shape index (κ3) is 3.12. The van der Waals surface area contributed by atoms with Crippen molar-refractivity contribution in [2.45, 2.75) is 0 Å². The molecule has 4 aromatic rings. The summed E-state index contributed by atoms with van der Waals surface area (Å²) in [5.41, 5.74) is 3.26. The average Bonchev–Trinajstić information content (AvgIpc) is 3.15. The number of benzene rings is 3. The van der Waals surface area contributed by atoms with Crippen LogP contribution in [0.2, 0.25) is 0 Å². The summed E-state index contributed by atoms with van der Waals surface area (Å²) in [5.74, 6) is -0.576. The van der Waals surface area contributed by atoms with Gasteiger partial charge in [-0.2, -0.15) is 4.68 Å². The molecule has 0 saturated carbocycles. The molecule has 0 atom stereocenters. The van der Waals surface area contributed by atoms with Gasteiger partial charge in [-0.1, -0.05) is 54.6 Å². The van der Waals surface area contributed by atoms with E-state index in [0.717, 1.165) is 11.1 Å². The molecule has 0 aliphatic rings. The monoisotopic (exact) mass is 371 g/mol. The Balaban J connectivity index is 1.88. The van der Waals surface area contributed by atoms with Crippen LogP contribution in [0, 0.1) is 0 Å². The van der Waals surface area contributed by atoms with Gasteiger partial charge in [-0.3, -0.25) is 4.79 Å². The second-order valence-electron chi connectivity index (χ2n) is 6.09. The van der Waals surface area contributed by atoms with Crippen LogP contribution >= 0.6 is 0 Å². The van der Waals surface area contributed by atoms with E-state index in [4.69, 9.17) is 4.42 Å². The maximum atomic E-state index is 12.4. The van der Waals surface area contributed by atoms with Gasteiger partial charge in [0.2, 0.25) is 0 Å². The van der Waals surface area contributed by atoms with Crippen molar-refractivity contribution in [1.29, 1.82) is 0 Å². The summed E-state index contributed by atoms with van der Waals surface area (Å²) in [6.07, 6.45) is 0. The predicted molar refractivity (Wildman–Crippen MR) is 106 cm³/mol. The molecule has 6 heteroatoms. The molecule has 138 valence electrons. The van der Waals surface area contributed by atoms with Crippen LogP contribution in [0.1, 0.15) is 10.4 Å². The zero-order valence-electron chi connectivity index (χ0n) is 15.1. The maximum Gasteiger partial charge on any atom is 0.442 e. The third-order valence-corrected chi connectivity index (χ3v) is 4.39. The second-order valence-corrected chi connectivity index (χ2v) is 6.09. The Kier molecular flexibility index (Phi) is 4.60. The van der Waals surface area contributed by atoms with E-state index < -0.39 is 5.76 Å². The van der Waals surface area contributed by atoms with Gasteiger partial charge in [-0.25, -0.2) is 4.79 Å². The van der Waals surface area contributed by atoms with Crippen LogP contribution < -0.4 is 11.1 Å². The molecule has 1 N–H and O–H groups in total. The number of nitrogens with zero attached hydrogens (tertiary/aromatic N) is 2. The van der Waals surface area contributed by atoms with Crippen molar-refractivity contribution < 1.29 is 9.21 Å². The summed E-state index contributed by atoms with van der Waals surface area (Å²) < 4.78 is 6.66. The van der Waals surface area contributed by atoms with Gasteiger partial charge in [-0.05, 0) is 35.4 Å². The quantitative estimate of drug-likeness (QED) is 0.595. The van der Waals surface area contributed by atoms with Crippen LogP contribution in [-0.2, 0) is 0 Å². The van der Waals surface area contributed by atoms with E-state index in [-0.39, 0.29) is 11.8 Å². The van der Waals surface area contributed by atoms with E-state index in [1.807, 2.05) is 54.6 Å². The third-order valence-electron chi connectivity index (χ3n) is 4.39. The lowest BCUT2D eigenvalue weighted by molar-refractivity contribution is 0.0963. The summed E-state index contributed by atoms with van der Waals surface area (Å²) in [4.78, 5) is 24.6. The fourth-order valence-corrected chi connectivity index (χ4v) is 3.07. The minimum absolute atomic E-state index is 0.191. The van der Waals surface area contributed by atoms with E-state index in [2.05, 4.69) is 10.4 Å². The number of hydrogen-bond donors (Lipinski definition) is 1. The van der Waals surface area contributed by atoms with E-state index in [1.54, 1.807) is 31.3 Å². The van der Waals surface area contributed by atoms with E-state index >= 15 is 0 Å². The molecular formula is C22H17N3O3. The van der Waals surface area contributed by atoms with E-state index in [0.29, 0.717) is 16.8 Å². The Bertz CT molecular complexity index is 1190. The fraction of sp³-hybridized carbons (Fsp3) is 0.0455. The van der Waals surface area contributed by atoms with Gasteiger partial charge in [0.25, 0.3) is 11.8 Å². The van der Waals surface area contributed by atoms with Gasteiger partial charge in [0.05, 0.1) is 5.69 Å². The summed E-state index contributed by atoms with van der Waals surface area (Å²) in [6.45, 7) is 0. The summed E-state index contributed by atoms with van der Waals surface area (Å²) in [7, 11) is 1.59. The Morgan fingerprint density at radius 1 is 0.857 bits per heavy atom. The summed E-state index contributed by atoms with van der Waals surface area (Å²) in [6, 6.07) is 23.7. The van der Waals surface area contributed by atoms with Crippen molar-refractivity contribution in [2.24, 2.45) is 0 Å². The lowest BCUT2D eigenvalue weighted by Crippen LogP contribution is -2.18. The van der Waals surface area contributed by atoms with Crippen molar-refractivity contribution in [1.82, 2.24) is 15.1 Å². The van der Waals surface area contributed by atoms with Crippen molar-refractivity contribution in [2.75, 3.05) is 7.05 Å². The molecule has 0 aliphatic carbocycles. The topological polar surface area (TPSA) is 77.1 Å². The number of rotatable bonds is 4. The van der Waals surface area contributed by atoms with Crippen LogP contribution in [0.3, 0.4) is 0 Å². The van der Waals surface area contributed by atoms with Crippen molar-refractivity contribution in [3.63, 3.8) is 0 Å². The number of carbonyl (C=O) groups excluding carboxylic acids is 1. The number of carbonyl (C=O) groups is 1. The zero-order valence-corrected chi connectivity index (χ0v) is 15.1. The normalized spacial score (nSPS) is 10.6. The number of hydrogen-bond acceptors (Lipinski definition) is 4. The first-order valence-electron chi connectivity index (χ1n) is 8.75. The molecule has 0 unspecified atom stereocenters. The molecule has 28 heavy (non-hydrogen) atoms. The molecule has 3 aromatic carbocycles. The molecular weight excluding hydrogens is 354 g/mol. The average molecular weight is 371 g/mol. The fourth-order valence-electron chi connectivity index (χ4n) is 3.07. The standard InChI is InChI=1S/C22H17N3O3/c1-23-20(26)18-13-7-5-11-16(18)17-12-6-8-14-19(17)21-24-25(22(27)28-21)15-9-3-2-4-10-15/h2-14H,1H3,(H,23,26). The minimum Gasteiger partial charge on any atom is -0.387 e. The number of amides is 1. The highest BCUT2D eigenvalue weighted by molar-refractivity contribution is 6.02. The Labute approximate surface area is 161 Å². The summed E-state index contributed by atoms with van der Waals surface area (Å²) >= 11 is 0. The lowest BCUT2D eigenvalue weighted by atomic mass is 9.95. The smallest absolute Gasteiger partial charge is 0.387 e. The molecule has 0 bridgehead atoms. The first-order chi connectivity index (χ1) is 13.7. The van der Waals surface area contributed by atoms with Crippen molar-refractivity contribution >= 4 is 5.91 Å². The van der Waals surface area contributed by atoms with Gasteiger partial charge in [-0.15, -0.1) is 5.10 Å². The van der Waals surface area contributed by atoms with Gasteiger partial charge in [0.1, 0.15) is 0 Å². The molecule has 6 nitrogen and oxygen atoms in total. The highest BCUT2D eigenvalue weighted by Crippen LogP contribution is 2.32. The molecule has 0 fully saturated rings. The SMILES string of the molecule is CNC(=O)c1ccccc1-c1ccccc1-c1nn(-c2ccccc2)c(=O)o1. The summed E-state index contributed by atoms with van der Waals surface area (Å²) in [5, 5.41) is 7.02. The van der Waals surface area contributed by atoms with Gasteiger partial charge < -0.3 is 9.73 Å². The Morgan fingerprint density at radius 2 is 1.46 bits per heavy atom. The molecule has 0 saturated heterocycles. The first kappa shape index (κ1) is 17.5.